The van der Waals surface area contributed by atoms with Gasteiger partial charge < -0.3 is 10.2 Å². The quantitative estimate of drug-likeness (QED) is 0.619. The molecule has 0 radical (unpaired) electrons. The summed E-state index contributed by atoms with van der Waals surface area (Å²) in [5.74, 6) is 3.11. The minimum Gasteiger partial charge on any atom is -0.393 e. The Kier molecular flexibility index (Phi) is 6.03. The van der Waals surface area contributed by atoms with Gasteiger partial charge in [-0.05, 0) is 84.5 Å². The predicted octanol–water partition coefficient (Wildman–Crippen LogP) is 5.54. The second-order valence-electron chi connectivity index (χ2n) is 12.2. The number of aliphatic hydroxyl groups excluding tert-OH is 2. The normalized spacial score (nSPS) is 46.8. The lowest BCUT2D eigenvalue weighted by molar-refractivity contribution is -0.168. The fraction of sp³-hybridized carbons (Fsp3) is 0.889. The van der Waals surface area contributed by atoms with E-state index in [0.29, 0.717) is 36.5 Å². The Morgan fingerprint density at radius 3 is 2.53 bits per heavy atom. The highest BCUT2D eigenvalue weighted by Gasteiger charge is 2.64. The average molecular weight is 417 g/mol. The monoisotopic (exact) mass is 416 g/mol. The molecule has 3 fully saturated rings. The van der Waals surface area contributed by atoms with Gasteiger partial charge in [0.05, 0.1) is 12.2 Å². The number of hydrogen-bond acceptors (Lipinski definition) is 3. The van der Waals surface area contributed by atoms with Crippen molar-refractivity contribution in [3.63, 3.8) is 0 Å². The molecule has 3 nitrogen and oxygen atoms in total. The van der Waals surface area contributed by atoms with Crippen LogP contribution in [0.3, 0.4) is 0 Å². The molecule has 4 rings (SSSR count). The zero-order valence-electron chi connectivity index (χ0n) is 19.9. The number of ketones is 1. The summed E-state index contributed by atoms with van der Waals surface area (Å²) >= 11 is 0. The van der Waals surface area contributed by atoms with Crippen LogP contribution in [-0.4, -0.2) is 28.2 Å². The molecular weight excluding hydrogens is 372 g/mol. The van der Waals surface area contributed by atoms with Crippen LogP contribution in [0.5, 0.6) is 0 Å². The molecule has 0 spiro atoms. The second-order valence-corrected chi connectivity index (χ2v) is 12.2. The molecule has 2 N–H and O–H groups in total. The highest BCUT2D eigenvalue weighted by Crippen LogP contribution is 2.67. The second kappa shape index (κ2) is 8.03. The summed E-state index contributed by atoms with van der Waals surface area (Å²) in [7, 11) is 0. The highest BCUT2D eigenvalue weighted by atomic mass is 16.3. The number of carbonyl (C=O) groups excluding carboxylic acids is 1. The lowest BCUT2D eigenvalue weighted by Crippen LogP contribution is -2.60. The minimum absolute atomic E-state index is 0.0267. The smallest absolute Gasteiger partial charge is 0.155 e. The van der Waals surface area contributed by atoms with Crippen LogP contribution in [0.4, 0.5) is 0 Å². The van der Waals surface area contributed by atoms with Crippen molar-refractivity contribution in [1.29, 1.82) is 0 Å². The van der Waals surface area contributed by atoms with Gasteiger partial charge in [0.25, 0.3) is 0 Å². The molecule has 30 heavy (non-hydrogen) atoms. The summed E-state index contributed by atoms with van der Waals surface area (Å²) < 4.78 is 0. The highest BCUT2D eigenvalue weighted by molar-refractivity contribution is 5.91. The van der Waals surface area contributed by atoms with E-state index in [-0.39, 0.29) is 34.7 Å². The van der Waals surface area contributed by atoms with Gasteiger partial charge in [-0.2, -0.15) is 0 Å². The first-order chi connectivity index (χ1) is 14.1. The molecule has 7 unspecified atom stereocenters. The van der Waals surface area contributed by atoms with Gasteiger partial charge in [-0.15, -0.1) is 0 Å². The Bertz CT molecular complexity index is 696. The molecule has 0 aromatic heterocycles. The fourth-order valence-electron chi connectivity index (χ4n) is 8.51. The van der Waals surface area contributed by atoms with Crippen LogP contribution in [0.25, 0.3) is 0 Å². The summed E-state index contributed by atoms with van der Waals surface area (Å²) in [4.78, 5) is 12.1. The van der Waals surface area contributed by atoms with Crippen molar-refractivity contribution in [3.8, 4) is 0 Å². The van der Waals surface area contributed by atoms with Crippen LogP contribution >= 0.6 is 0 Å². The van der Waals surface area contributed by atoms with Crippen molar-refractivity contribution in [2.75, 3.05) is 0 Å². The van der Waals surface area contributed by atoms with E-state index in [2.05, 4.69) is 34.6 Å². The molecule has 0 amide bonds. The third-order valence-electron chi connectivity index (χ3n) is 10.3. The van der Waals surface area contributed by atoms with E-state index in [0.717, 1.165) is 30.8 Å². The lowest BCUT2D eigenvalue weighted by atomic mass is 9.45. The Hall–Kier alpha value is -0.670. The van der Waals surface area contributed by atoms with E-state index in [1.807, 2.05) is 6.08 Å². The van der Waals surface area contributed by atoms with E-state index in [1.165, 1.54) is 25.7 Å². The fourth-order valence-corrected chi connectivity index (χ4v) is 8.51. The average Bonchev–Trinajstić information content (AvgIpc) is 3.02. The first-order valence-electron chi connectivity index (χ1n) is 12.7. The summed E-state index contributed by atoms with van der Waals surface area (Å²) in [6.45, 7) is 11.7. The van der Waals surface area contributed by atoms with E-state index in [9.17, 15) is 15.0 Å². The number of aliphatic hydroxyl groups is 2. The van der Waals surface area contributed by atoms with Crippen LogP contribution in [0, 0.1) is 46.3 Å². The molecule has 9 atom stereocenters. The molecule has 0 aromatic carbocycles. The maximum Gasteiger partial charge on any atom is 0.155 e. The minimum atomic E-state index is -0.368. The zero-order valence-corrected chi connectivity index (χ0v) is 19.9. The van der Waals surface area contributed by atoms with E-state index < -0.39 is 0 Å². The van der Waals surface area contributed by atoms with Gasteiger partial charge in [0.15, 0.2) is 5.78 Å². The molecule has 0 heterocycles. The van der Waals surface area contributed by atoms with Crippen molar-refractivity contribution in [1.82, 2.24) is 0 Å². The predicted molar refractivity (Wildman–Crippen MR) is 121 cm³/mol. The van der Waals surface area contributed by atoms with E-state index >= 15 is 0 Å². The lowest BCUT2D eigenvalue weighted by Gasteiger charge is -2.61. The van der Waals surface area contributed by atoms with Gasteiger partial charge in [0.2, 0.25) is 0 Å². The van der Waals surface area contributed by atoms with Gasteiger partial charge in [0.1, 0.15) is 0 Å². The van der Waals surface area contributed by atoms with Gasteiger partial charge in [-0.25, -0.2) is 0 Å². The maximum absolute atomic E-state index is 12.1. The molecule has 170 valence electrons. The molecule has 0 aromatic rings. The van der Waals surface area contributed by atoms with Crippen molar-refractivity contribution in [2.45, 2.75) is 105 Å². The van der Waals surface area contributed by atoms with Gasteiger partial charge in [-0.3, -0.25) is 4.79 Å². The zero-order chi connectivity index (χ0) is 21.8. The Morgan fingerprint density at radius 2 is 1.83 bits per heavy atom. The molecular formula is C27H44O3. The van der Waals surface area contributed by atoms with Gasteiger partial charge in [0, 0.05) is 6.42 Å². The van der Waals surface area contributed by atoms with Gasteiger partial charge >= 0.3 is 0 Å². The van der Waals surface area contributed by atoms with Crippen LogP contribution in [-0.2, 0) is 4.79 Å². The molecule has 3 heteroatoms. The standard InChI is InChI=1S/C27H44O3/c1-16(2)7-6-8-17(3)20-9-10-21-25-22(15-24(30)27(20,21)5)26(4)12-11-19(28)13-18(26)14-23(25)29/h13,16-17,20-25,29-30H,6-12,14-15H2,1-5H3/t17?,20?,21?,22?,23-,24+,25?,26?,27?/m1/s1. The summed E-state index contributed by atoms with van der Waals surface area (Å²) in [6.07, 6.45) is 10.2. The van der Waals surface area contributed by atoms with Crippen LogP contribution in [0.2, 0.25) is 0 Å². The number of carbonyl (C=O) groups is 1. The first-order valence-corrected chi connectivity index (χ1v) is 12.7. The van der Waals surface area contributed by atoms with Crippen LogP contribution in [0.1, 0.15) is 92.4 Å². The maximum atomic E-state index is 12.1. The van der Waals surface area contributed by atoms with Gasteiger partial charge in [-0.1, -0.05) is 59.5 Å². The number of rotatable bonds is 5. The topological polar surface area (TPSA) is 57.5 Å². The van der Waals surface area contributed by atoms with Crippen molar-refractivity contribution < 1.29 is 15.0 Å². The molecule has 4 aliphatic rings. The SMILES string of the molecule is CC(C)CCCC(C)C1CCC2C3C(C[C@H](O)C12C)C1(C)CCC(=O)C=C1C[C@H]3O. The molecule has 3 saturated carbocycles. The Balaban J connectivity index is 1.59. The summed E-state index contributed by atoms with van der Waals surface area (Å²) in [5.41, 5.74) is 1.04. The van der Waals surface area contributed by atoms with Crippen LogP contribution in [0.15, 0.2) is 11.6 Å². The van der Waals surface area contributed by atoms with Crippen molar-refractivity contribution in [2.24, 2.45) is 46.3 Å². The summed E-state index contributed by atoms with van der Waals surface area (Å²) in [5, 5.41) is 22.9. The third-order valence-corrected chi connectivity index (χ3v) is 10.3. The Morgan fingerprint density at radius 1 is 1.10 bits per heavy atom. The molecule has 0 aliphatic heterocycles. The molecule has 0 bridgehead atoms. The van der Waals surface area contributed by atoms with E-state index in [4.69, 9.17) is 0 Å². The third kappa shape index (κ3) is 3.43. The largest absolute Gasteiger partial charge is 0.393 e. The first kappa shape index (κ1) is 22.5. The van der Waals surface area contributed by atoms with Crippen molar-refractivity contribution >= 4 is 5.78 Å². The van der Waals surface area contributed by atoms with E-state index in [1.54, 1.807) is 0 Å². The van der Waals surface area contributed by atoms with Crippen LogP contribution < -0.4 is 0 Å². The number of hydrogen-bond donors (Lipinski definition) is 2. The molecule has 4 aliphatic carbocycles. The summed E-state index contributed by atoms with van der Waals surface area (Å²) in [6, 6.07) is 0. The molecule has 0 saturated heterocycles. The Labute approximate surface area is 183 Å². The van der Waals surface area contributed by atoms with Crippen molar-refractivity contribution in [3.05, 3.63) is 11.6 Å². The number of fused-ring (bicyclic) bond motifs is 5.